The van der Waals surface area contributed by atoms with Gasteiger partial charge in [0, 0.05) is 29.4 Å². The first-order chi connectivity index (χ1) is 10.0. The lowest BCUT2D eigenvalue weighted by atomic mass is 10.0. The Morgan fingerprint density at radius 1 is 1.32 bits per heavy atom. The number of hydrogen-bond acceptors (Lipinski definition) is 3. The predicted octanol–water partition coefficient (Wildman–Crippen LogP) is 3.14. The van der Waals surface area contributed by atoms with Gasteiger partial charge in [0.1, 0.15) is 9.84 Å². The Bertz CT molecular complexity index is 861. The summed E-state index contributed by atoms with van der Waals surface area (Å²) in [5.41, 5.74) is -1.19. The first-order valence-corrected chi connectivity index (χ1v) is 8.39. The van der Waals surface area contributed by atoms with Crippen LogP contribution in [0.4, 0.5) is 13.2 Å². The maximum absolute atomic E-state index is 13.2. The van der Waals surface area contributed by atoms with Gasteiger partial charge >= 0.3 is 6.18 Å². The van der Waals surface area contributed by atoms with Gasteiger partial charge < -0.3 is 4.57 Å². The number of hydrogen-bond donors (Lipinski definition) is 0. The molecule has 4 nitrogen and oxygen atoms in total. The van der Waals surface area contributed by atoms with Crippen LogP contribution in [0.5, 0.6) is 0 Å². The molecule has 1 atom stereocenters. The molecule has 8 heteroatoms. The van der Waals surface area contributed by atoms with Crippen molar-refractivity contribution in [3.63, 3.8) is 0 Å². The third-order valence-corrected chi connectivity index (χ3v) is 4.41. The Kier molecular flexibility index (Phi) is 3.96. The lowest BCUT2D eigenvalue weighted by Gasteiger charge is -2.16. The van der Waals surface area contributed by atoms with Crippen LogP contribution in [0.25, 0.3) is 10.9 Å². The van der Waals surface area contributed by atoms with Gasteiger partial charge in [0.2, 0.25) is 0 Å². The molecular formula is C14H13F3N2O2S. The third kappa shape index (κ3) is 3.09. The van der Waals surface area contributed by atoms with Crippen molar-refractivity contribution >= 4 is 20.7 Å². The fraction of sp³-hybridized carbons (Fsp3) is 0.357. The summed E-state index contributed by atoms with van der Waals surface area (Å²) >= 11 is 0. The maximum atomic E-state index is 13.2. The number of nitrogens with zero attached hydrogens (tertiary/aromatic N) is 2. The van der Waals surface area contributed by atoms with E-state index in [4.69, 9.17) is 5.26 Å². The van der Waals surface area contributed by atoms with Gasteiger partial charge in [-0.1, -0.05) is 0 Å². The highest BCUT2D eigenvalue weighted by atomic mass is 32.2. The Balaban J connectivity index is 2.67. The minimum absolute atomic E-state index is 0.105. The van der Waals surface area contributed by atoms with Gasteiger partial charge in [0.05, 0.1) is 22.9 Å². The summed E-state index contributed by atoms with van der Waals surface area (Å²) in [6.07, 6.45) is -2.17. The molecule has 0 saturated carbocycles. The largest absolute Gasteiger partial charge is 0.418 e. The molecule has 2 aromatic rings. The summed E-state index contributed by atoms with van der Waals surface area (Å²) in [7, 11) is -3.26. The highest BCUT2D eigenvalue weighted by Gasteiger charge is 2.36. The molecule has 0 amide bonds. The van der Waals surface area contributed by atoms with Crippen molar-refractivity contribution in [1.82, 2.24) is 4.57 Å². The van der Waals surface area contributed by atoms with Gasteiger partial charge in [-0.25, -0.2) is 8.42 Å². The van der Waals surface area contributed by atoms with Crippen LogP contribution < -0.4 is 0 Å². The molecule has 0 aliphatic carbocycles. The van der Waals surface area contributed by atoms with Gasteiger partial charge in [-0.15, -0.1) is 0 Å². The molecule has 0 unspecified atom stereocenters. The zero-order chi connectivity index (χ0) is 16.7. The third-order valence-electron chi connectivity index (χ3n) is 3.33. The number of aromatic nitrogens is 1. The first kappa shape index (κ1) is 16.4. The molecule has 0 bridgehead atoms. The average Bonchev–Trinajstić information content (AvgIpc) is 2.77. The highest BCUT2D eigenvalue weighted by Crippen LogP contribution is 2.38. The summed E-state index contributed by atoms with van der Waals surface area (Å²) in [5, 5.41) is 8.77. The molecule has 0 fully saturated rings. The van der Waals surface area contributed by atoms with Gasteiger partial charge in [-0.05, 0) is 25.1 Å². The van der Waals surface area contributed by atoms with E-state index in [1.807, 2.05) is 0 Å². The van der Waals surface area contributed by atoms with Crippen molar-refractivity contribution in [2.75, 3.05) is 12.0 Å². The second-order valence-electron chi connectivity index (χ2n) is 5.19. The molecule has 0 aliphatic rings. The van der Waals surface area contributed by atoms with Crippen molar-refractivity contribution in [1.29, 1.82) is 5.26 Å². The zero-order valence-electron chi connectivity index (χ0n) is 11.8. The molecule has 0 aliphatic heterocycles. The van der Waals surface area contributed by atoms with Crippen LogP contribution in [0.2, 0.25) is 0 Å². The number of sulfone groups is 1. The van der Waals surface area contributed by atoms with Crippen LogP contribution in [-0.2, 0) is 16.0 Å². The quantitative estimate of drug-likeness (QED) is 0.868. The fourth-order valence-corrected chi connectivity index (χ4v) is 3.58. The zero-order valence-corrected chi connectivity index (χ0v) is 12.7. The highest BCUT2D eigenvalue weighted by molar-refractivity contribution is 7.90. The second kappa shape index (κ2) is 5.32. The standard InChI is InChI=1S/C14H13F3N2O2S/c1-9(8-22(2,20)21)19-6-5-11-12(19)4-3-10(7-18)13(11)14(15,16)17/h3-6,9H,8H2,1-2H3/t9-/m0/s1. The van der Waals surface area contributed by atoms with Gasteiger partial charge in [0.15, 0.2) is 0 Å². The minimum Gasteiger partial charge on any atom is -0.344 e. The molecule has 0 radical (unpaired) electrons. The van der Waals surface area contributed by atoms with Crippen LogP contribution in [0.15, 0.2) is 24.4 Å². The van der Waals surface area contributed by atoms with Crippen molar-refractivity contribution in [3.8, 4) is 6.07 Å². The van der Waals surface area contributed by atoms with E-state index in [2.05, 4.69) is 0 Å². The van der Waals surface area contributed by atoms with Crippen LogP contribution in [0, 0.1) is 11.3 Å². The second-order valence-corrected chi connectivity index (χ2v) is 7.38. The van der Waals surface area contributed by atoms with Crippen molar-refractivity contribution in [2.45, 2.75) is 19.1 Å². The van der Waals surface area contributed by atoms with E-state index in [-0.39, 0.29) is 16.7 Å². The first-order valence-electron chi connectivity index (χ1n) is 6.33. The van der Waals surface area contributed by atoms with Crippen LogP contribution in [0.1, 0.15) is 24.1 Å². The molecule has 1 aromatic heterocycles. The number of halogens is 3. The van der Waals surface area contributed by atoms with Crippen LogP contribution in [0.3, 0.4) is 0 Å². The predicted molar refractivity (Wildman–Crippen MR) is 76.1 cm³/mol. The molecule has 0 saturated heterocycles. The Labute approximate surface area is 125 Å². The summed E-state index contributed by atoms with van der Waals surface area (Å²) in [6.45, 7) is 1.62. The van der Waals surface area contributed by atoms with E-state index in [1.54, 1.807) is 13.0 Å². The normalized spacial score (nSPS) is 14.0. The average molecular weight is 330 g/mol. The minimum atomic E-state index is -4.66. The van der Waals surface area contributed by atoms with Crippen LogP contribution in [-0.4, -0.2) is 25.0 Å². The monoisotopic (exact) mass is 330 g/mol. The summed E-state index contributed by atoms with van der Waals surface area (Å²) in [4.78, 5) is 0. The van der Waals surface area contributed by atoms with E-state index in [1.165, 1.54) is 22.9 Å². The molecule has 1 heterocycles. The smallest absolute Gasteiger partial charge is 0.344 e. The van der Waals surface area contributed by atoms with E-state index in [9.17, 15) is 21.6 Å². The van der Waals surface area contributed by atoms with Crippen LogP contribution >= 0.6 is 0 Å². The van der Waals surface area contributed by atoms with E-state index < -0.39 is 33.2 Å². The molecule has 22 heavy (non-hydrogen) atoms. The van der Waals surface area contributed by atoms with E-state index in [0.29, 0.717) is 0 Å². The number of rotatable bonds is 3. The molecule has 0 spiro atoms. The molecule has 118 valence electrons. The Morgan fingerprint density at radius 3 is 2.45 bits per heavy atom. The number of benzene rings is 1. The van der Waals surface area contributed by atoms with Gasteiger partial charge in [-0.3, -0.25) is 0 Å². The van der Waals surface area contributed by atoms with E-state index >= 15 is 0 Å². The van der Waals surface area contributed by atoms with Crippen molar-refractivity contribution in [3.05, 3.63) is 35.5 Å². The summed E-state index contributed by atoms with van der Waals surface area (Å²) in [5.74, 6) is -0.182. The van der Waals surface area contributed by atoms with Crippen molar-refractivity contribution < 1.29 is 21.6 Å². The number of fused-ring (bicyclic) bond motifs is 1. The maximum Gasteiger partial charge on any atom is 0.418 e. The SMILES string of the molecule is C[C@@H](CS(C)(=O)=O)n1ccc2c(C(F)(F)F)c(C#N)ccc21. The summed E-state index contributed by atoms with van der Waals surface area (Å²) < 4.78 is 63.8. The molecule has 2 rings (SSSR count). The topological polar surface area (TPSA) is 62.9 Å². The van der Waals surface area contributed by atoms with Gasteiger partial charge in [0.25, 0.3) is 0 Å². The molecule has 1 aromatic carbocycles. The Morgan fingerprint density at radius 2 is 1.95 bits per heavy atom. The fourth-order valence-electron chi connectivity index (χ4n) is 2.54. The lowest BCUT2D eigenvalue weighted by Crippen LogP contribution is -2.16. The molecular weight excluding hydrogens is 317 g/mol. The molecule has 0 N–H and O–H groups in total. The van der Waals surface area contributed by atoms with Gasteiger partial charge in [-0.2, -0.15) is 18.4 Å². The van der Waals surface area contributed by atoms with Crippen molar-refractivity contribution in [2.24, 2.45) is 0 Å². The Hall–Kier alpha value is -2.01. The number of nitriles is 1. The number of alkyl halides is 3. The lowest BCUT2D eigenvalue weighted by molar-refractivity contribution is -0.136. The van der Waals surface area contributed by atoms with E-state index in [0.717, 1.165) is 12.3 Å². The summed E-state index contributed by atoms with van der Waals surface area (Å²) in [6, 6.07) is 4.81.